The molecule has 15 heteroatoms. The van der Waals surface area contributed by atoms with Crippen LogP contribution in [0.2, 0.25) is 0 Å². The Balaban J connectivity index is 1.50. The molecule has 0 bridgehead atoms. The molecular formula is C23H40N8O6S. The number of nitrogens with two attached hydrogens (primary N) is 1. The van der Waals surface area contributed by atoms with E-state index in [4.69, 9.17) is 10.5 Å². The van der Waals surface area contributed by atoms with Gasteiger partial charge in [-0.1, -0.05) is 19.8 Å². The molecule has 6 N–H and O–H groups in total. The maximum absolute atomic E-state index is 12.0. The quantitative estimate of drug-likeness (QED) is 0.177. The highest BCUT2D eigenvalue weighted by molar-refractivity contribution is 7.90. The number of carbonyl (C=O) groups excluding carboxylic acids is 1. The fourth-order valence-electron chi connectivity index (χ4n) is 4.22. The molecule has 1 amide bonds. The molecule has 0 aliphatic carbocycles. The molecule has 0 aromatic carbocycles. The molecule has 1 fully saturated rings. The molecule has 14 nitrogen and oxygen atoms in total. The molecule has 1 aliphatic rings. The fourth-order valence-corrected chi connectivity index (χ4v) is 4.95. The van der Waals surface area contributed by atoms with Crippen LogP contribution < -0.4 is 16.4 Å². The molecule has 1 aliphatic heterocycles. The van der Waals surface area contributed by atoms with Crippen LogP contribution >= 0.6 is 0 Å². The normalized spacial score (nSPS) is 21.8. The number of rotatable bonds is 15. The summed E-state index contributed by atoms with van der Waals surface area (Å²) < 4.78 is 29.8. The lowest BCUT2D eigenvalue weighted by atomic mass is 10.1. The molecule has 2 aromatic heterocycles. The minimum atomic E-state index is -2.93. The number of aliphatic hydroxyl groups excluding tert-OH is 2. The number of fused-ring (bicyclic) bond motifs is 1. The molecule has 38 heavy (non-hydrogen) atoms. The van der Waals surface area contributed by atoms with Crippen molar-refractivity contribution in [2.75, 3.05) is 56.3 Å². The van der Waals surface area contributed by atoms with E-state index in [1.807, 2.05) is 18.9 Å². The van der Waals surface area contributed by atoms with Gasteiger partial charge in [0.15, 0.2) is 17.7 Å². The summed E-state index contributed by atoms with van der Waals surface area (Å²) in [6, 6.07) is 0. The molecule has 4 atom stereocenters. The van der Waals surface area contributed by atoms with Gasteiger partial charge in [-0.2, -0.15) is 9.97 Å². The van der Waals surface area contributed by atoms with E-state index in [0.717, 1.165) is 19.4 Å². The number of aromatic nitrogens is 4. The van der Waals surface area contributed by atoms with Crippen LogP contribution in [-0.2, 0) is 19.4 Å². The zero-order valence-corrected chi connectivity index (χ0v) is 23.0. The summed E-state index contributed by atoms with van der Waals surface area (Å²) in [5.41, 5.74) is 6.77. The third-order valence-corrected chi connectivity index (χ3v) is 7.52. The number of amides is 1. The van der Waals surface area contributed by atoms with E-state index in [2.05, 4.69) is 25.6 Å². The topological polar surface area (TPSA) is 198 Å². The average Bonchev–Trinajstić information content (AvgIpc) is 3.40. The Morgan fingerprint density at radius 3 is 2.63 bits per heavy atom. The largest absolute Gasteiger partial charge is 0.387 e. The Hall–Kier alpha value is -2.59. The molecule has 3 heterocycles. The number of sulfone groups is 1. The number of carbonyl (C=O) groups is 1. The minimum absolute atomic E-state index is 0.0851. The predicted molar refractivity (Wildman–Crippen MR) is 143 cm³/mol. The standard InChI is InChI=1S/C23H40N8O6S/c1-4-30(2)13-15-18(33)19(34)22(37-15)31-14-27-17-20(24)28-23(29-21(17)31)26-11-10-25-16(32)9-7-5-6-8-12-38(3,35)36/h14-15,18-19,22,33-34H,4-13H2,1-3H3,(H,25,32)(H3,24,26,28,29)/t15-,18-,19-,22?/m1/s1. The van der Waals surface area contributed by atoms with Gasteiger partial charge in [0.1, 0.15) is 33.7 Å². The van der Waals surface area contributed by atoms with Crippen LogP contribution in [0.4, 0.5) is 11.8 Å². The molecule has 0 saturated carbocycles. The zero-order chi connectivity index (χ0) is 27.9. The van der Waals surface area contributed by atoms with Crippen molar-refractivity contribution < 1.29 is 28.2 Å². The van der Waals surface area contributed by atoms with Gasteiger partial charge in [0.25, 0.3) is 0 Å². The van der Waals surface area contributed by atoms with E-state index in [0.29, 0.717) is 50.1 Å². The molecule has 2 aromatic rings. The van der Waals surface area contributed by atoms with Gasteiger partial charge in [-0.25, -0.2) is 13.4 Å². The van der Waals surface area contributed by atoms with E-state index in [9.17, 15) is 23.4 Å². The van der Waals surface area contributed by atoms with Crippen molar-refractivity contribution in [3.63, 3.8) is 0 Å². The van der Waals surface area contributed by atoms with E-state index in [1.54, 1.807) is 0 Å². The second kappa shape index (κ2) is 13.5. The lowest BCUT2D eigenvalue weighted by Gasteiger charge is -2.21. The Morgan fingerprint density at radius 1 is 1.18 bits per heavy atom. The van der Waals surface area contributed by atoms with E-state index < -0.39 is 34.4 Å². The van der Waals surface area contributed by atoms with Crippen LogP contribution in [0, 0.1) is 0 Å². The van der Waals surface area contributed by atoms with Gasteiger partial charge in [0, 0.05) is 38.1 Å². The van der Waals surface area contributed by atoms with Gasteiger partial charge >= 0.3 is 0 Å². The van der Waals surface area contributed by atoms with Crippen LogP contribution in [0.1, 0.15) is 45.3 Å². The highest BCUT2D eigenvalue weighted by atomic mass is 32.2. The molecule has 3 rings (SSSR count). The van der Waals surface area contributed by atoms with Gasteiger partial charge in [0.2, 0.25) is 11.9 Å². The minimum Gasteiger partial charge on any atom is -0.387 e. The SMILES string of the molecule is CCN(C)C[C@H]1OC(n2cnc3c(N)nc(NCCNC(=O)CCCCCCS(C)(=O)=O)nc32)[C@H](O)[C@@H]1O. The number of imidazole rings is 1. The average molecular weight is 557 g/mol. The van der Waals surface area contributed by atoms with Crippen LogP contribution in [0.3, 0.4) is 0 Å². The van der Waals surface area contributed by atoms with Crippen molar-refractivity contribution in [3.05, 3.63) is 6.33 Å². The number of nitrogens with zero attached hydrogens (tertiary/aromatic N) is 5. The van der Waals surface area contributed by atoms with Crippen molar-refractivity contribution in [2.24, 2.45) is 0 Å². The number of anilines is 2. The van der Waals surface area contributed by atoms with Gasteiger partial charge in [-0.3, -0.25) is 9.36 Å². The van der Waals surface area contributed by atoms with Crippen molar-refractivity contribution in [1.29, 1.82) is 0 Å². The van der Waals surface area contributed by atoms with Crippen LogP contribution in [0.15, 0.2) is 6.33 Å². The first-order valence-electron chi connectivity index (χ1n) is 12.9. The van der Waals surface area contributed by atoms with Crippen molar-refractivity contribution in [3.8, 4) is 0 Å². The maximum atomic E-state index is 12.0. The fraction of sp³-hybridized carbons (Fsp3) is 0.739. The van der Waals surface area contributed by atoms with E-state index in [1.165, 1.54) is 17.2 Å². The van der Waals surface area contributed by atoms with Crippen molar-refractivity contribution in [2.45, 2.75) is 63.6 Å². The maximum Gasteiger partial charge on any atom is 0.226 e. The van der Waals surface area contributed by atoms with Crippen LogP contribution in [-0.4, -0.2) is 113 Å². The van der Waals surface area contributed by atoms with E-state index in [-0.39, 0.29) is 23.4 Å². The third kappa shape index (κ3) is 8.20. The lowest BCUT2D eigenvalue weighted by Crippen LogP contribution is -2.38. The third-order valence-electron chi connectivity index (χ3n) is 6.49. The first-order valence-corrected chi connectivity index (χ1v) is 14.9. The molecule has 1 unspecified atom stereocenters. The number of hydrogen-bond acceptors (Lipinski definition) is 12. The molecular weight excluding hydrogens is 516 g/mol. The number of likely N-dealkylation sites (N-methyl/N-ethyl adjacent to an activating group) is 1. The van der Waals surface area contributed by atoms with Crippen molar-refractivity contribution in [1.82, 2.24) is 29.7 Å². The number of hydrogen-bond donors (Lipinski definition) is 5. The Labute approximate surface area is 222 Å². The van der Waals surface area contributed by atoms with Crippen LogP contribution in [0.25, 0.3) is 11.2 Å². The number of unbranched alkanes of at least 4 members (excludes halogenated alkanes) is 3. The van der Waals surface area contributed by atoms with E-state index >= 15 is 0 Å². The summed E-state index contributed by atoms with van der Waals surface area (Å²) in [6.45, 7) is 3.92. The van der Waals surface area contributed by atoms with Gasteiger partial charge in [-0.05, 0) is 26.4 Å². The number of nitrogen functional groups attached to an aromatic ring is 1. The number of ether oxygens (including phenoxy) is 1. The predicted octanol–water partition coefficient (Wildman–Crippen LogP) is -0.497. The first kappa shape index (κ1) is 30.0. The zero-order valence-electron chi connectivity index (χ0n) is 22.2. The highest BCUT2D eigenvalue weighted by Gasteiger charge is 2.44. The first-order chi connectivity index (χ1) is 18.0. The van der Waals surface area contributed by atoms with Gasteiger partial charge in [-0.15, -0.1) is 0 Å². The summed E-state index contributed by atoms with van der Waals surface area (Å²) in [5.74, 6) is 0.467. The monoisotopic (exact) mass is 556 g/mol. The summed E-state index contributed by atoms with van der Waals surface area (Å²) >= 11 is 0. The second-order valence-corrected chi connectivity index (χ2v) is 12.0. The van der Waals surface area contributed by atoms with Gasteiger partial charge in [0.05, 0.1) is 6.33 Å². The second-order valence-electron chi connectivity index (χ2n) is 9.73. The van der Waals surface area contributed by atoms with Crippen molar-refractivity contribution >= 4 is 38.7 Å². The summed E-state index contributed by atoms with van der Waals surface area (Å²) in [5, 5.41) is 27.0. The highest BCUT2D eigenvalue weighted by Crippen LogP contribution is 2.32. The summed E-state index contributed by atoms with van der Waals surface area (Å²) in [7, 11) is -1.03. The molecule has 0 spiro atoms. The van der Waals surface area contributed by atoms with Gasteiger partial charge < -0.3 is 36.2 Å². The molecule has 0 radical (unpaired) electrons. The number of nitrogens with one attached hydrogen (secondary N) is 2. The Bertz CT molecular complexity index is 1180. The number of aliphatic hydroxyl groups is 2. The summed E-state index contributed by atoms with van der Waals surface area (Å²) in [4.78, 5) is 27.0. The molecule has 214 valence electrons. The Kier molecular flexibility index (Phi) is 10.6. The Morgan fingerprint density at radius 2 is 1.92 bits per heavy atom. The lowest BCUT2D eigenvalue weighted by molar-refractivity contribution is -0.121. The van der Waals surface area contributed by atoms with Crippen LogP contribution in [0.5, 0.6) is 0 Å². The summed E-state index contributed by atoms with van der Waals surface area (Å²) in [6.07, 6.45) is 2.22. The molecule has 1 saturated heterocycles. The smallest absolute Gasteiger partial charge is 0.226 e.